The van der Waals surface area contributed by atoms with Crippen molar-refractivity contribution >= 4 is 0 Å². The molecular weight excluding hydrogens is 316 g/mol. The molecule has 0 unspecified atom stereocenters. The van der Waals surface area contributed by atoms with Crippen molar-refractivity contribution in [2.45, 2.75) is 19.3 Å². The molecule has 0 spiro atoms. The Hall–Kier alpha value is -2.28. The van der Waals surface area contributed by atoms with Crippen LogP contribution in [0.15, 0.2) is 29.1 Å². The van der Waals surface area contributed by atoms with E-state index < -0.39 is 11.6 Å². The summed E-state index contributed by atoms with van der Waals surface area (Å²) in [7, 11) is 0. The van der Waals surface area contributed by atoms with E-state index in [0.29, 0.717) is 0 Å². The summed E-state index contributed by atoms with van der Waals surface area (Å²) in [6, 6.07) is 4.96. The molecular formula is C17H19F2N3O2. The summed E-state index contributed by atoms with van der Waals surface area (Å²) >= 11 is 0. The zero-order chi connectivity index (χ0) is 16.9. The van der Waals surface area contributed by atoms with Gasteiger partial charge < -0.3 is 9.64 Å². The number of aromatic nitrogens is 2. The second-order valence-corrected chi connectivity index (χ2v) is 5.83. The first-order valence-corrected chi connectivity index (χ1v) is 8.04. The average molecular weight is 335 g/mol. The Morgan fingerprint density at radius 2 is 1.88 bits per heavy atom. The Morgan fingerprint density at radius 3 is 2.50 bits per heavy atom. The second-order valence-electron chi connectivity index (χ2n) is 5.83. The zero-order valence-electron chi connectivity index (χ0n) is 13.2. The number of likely N-dealkylation sites (tertiary alicyclic amines) is 1. The van der Waals surface area contributed by atoms with E-state index in [9.17, 15) is 13.6 Å². The van der Waals surface area contributed by atoms with Gasteiger partial charge in [0.15, 0.2) is 17.4 Å². The highest BCUT2D eigenvalue weighted by molar-refractivity contribution is 5.60. The molecule has 5 nitrogen and oxygen atoms in total. The Morgan fingerprint density at radius 1 is 1.17 bits per heavy atom. The van der Waals surface area contributed by atoms with E-state index in [1.807, 2.05) is 0 Å². The van der Waals surface area contributed by atoms with Crippen LogP contribution in [0.5, 0.6) is 5.75 Å². The fraction of sp³-hybridized carbons (Fsp3) is 0.412. The summed E-state index contributed by atoms with van der Waals surface area (Å²) < 4.78 is 33.5. The molecule has 1 saturated heterocycles. The van der Waals surface area contributed by atoms with Crippen molar-refractivity contribution in [2.24, 2.45) is 0 Å². The number of halogens is 2. The van der Waals surface area contributed by atoms with Gasteiger partial charge in [-0.25, -0.2) is 13.9 Å². The smallest absolute Gasteiger partial charge is 0.264 e. The summed E-state index contributed by atoms with van der Waals surface area (Å²) in [5.74, 6) is -1.93. The van der Waals surface area contributed by atoms with Crippen LogP contribution in [0.4, 0.5) is 8.78 Å². The summed E-state index contributed by atoms with van der Waals surface area (Å²) in [5, 5.41) is 6.00. The second kappa shape index (κ2) is 7.53. The third-order valence-corrected chi connectivity index (χ3v) is 4.04. The number of H-pyrrole nitrogens is 1. The lowest BCUT2D eigenvalue weighted by molar-refractivity contribution is 0.247. The lowest BCUT2D eigenvalue weighted by Gasteiger charge is -2.15. The number of hydrogen-bond acceptors (Lipinski definition) is 4. The highest BCUT2D eigenvalue weighted by atomic mass is 19.1. The monoisotopic (exact) mass is 335 g/mol. The van der Waals surface area contributed by atoms with E-state index in [0.717, 1.165) is 38.2 Å². The number of nitrogens with zero attached hydrogens (tertiary/aromatic N) is 2. The quantitative estimate of drug-likeness (QED) is 0.825. The SMILES string of the molecule is O=c1ccc(-c2cc(F)c(OCCCN3CCCC3)c(F)c2)n[nH]1. The van der Waals surface area contributed by atoms with Gasteiger partial charge in [-0.15, -0.1) is 0 Å². The summed E-state index contributed by atoms with van der Waals surface area (Å²) in [6.45, 7) is 3.32. The average Bonchev–Trinajstić information content (AvgIpc) is 3.07. The molecule has 1 fully saturated rings. The largest absolute Gasteiger partial charge is 0.488 e. The number of aromatic amines is 1. The molecule has 0 atom stereocenters. The van der Waals surface area contributed by atoms with Gasteiger partial charge in [0, 0.05) is 18.2 Å². The Balaban J connectivity index is 1.63. The van der Waals surface area contributed by atoms with Crippen molar-refractivity contribution in [3.05, 3.63) is 46.3 Å². The van der Waals surface area contributed by atoms with Gasteiger partial charge in [-0.05, 0) is 50.6 Å². The van der Waals surface area contributed by atoms with E-state index in [-0.39, 0.29) is 29.2 Å². The maximum atomic E-state index is 14.1. The highest BCUT2D eigenvalue weighted by Crippen LogP contribution is 2.27. The van der Waals surface area contributed by atoms with Gasteiger partial charge in [-0.3, -0.25) is 4.79 Å². The first-order chi connectivity index (χ1) is 11.6. The van der Waals surface area contributed by atoms with E-state index in [1.165, 1.54) is 25.0 Å². The third kappa shape index (κ3) is 3.97. The molecule has 3 rings (SSSR count). The molecule has 2 heterocycles. The molecule has 0 amide bonds. The maximum Gasteiger partial charge on any atom is 0.264 e. The normalized spacial score (nSPS) is 14.9. The van der Waals surface area contributed by atoms with Gasteiger partial charge in [-0.1, -0.05) is 0 Å². The zero-order valence-corrected chi connectivity index (χ0v) is 13.2. The van der Waals surface area contributed by atoms with E-state index in [4.69, 9.17) is 4.74 Å². The van der Waals surface area contributed by atoms with Crippen molar-refractivity contribution < 1.29 is 13.5 Å². The lowest BCUT2D eigenvalue weighted by atomic mass is 10.1. The van der Waals surface area contributed by atoms with Crippen molar-refractivity contribution in [2.75, 3.05) is 26.2 Å². The van der Waals surface area contributed by atoms with Crippen LogP contribution in [-0.4, -0.2) is 41.3 Å². The Labute approximate surface area is 138 Å². The molecule has 7 heteroatoms. The van der Waals surface area contributed by atoms with Crippen molar-refractivity contribution in [3.63, 3.8) is 0 Å². The summed E-state index contributed by atoms with van der Waals surface area (Å²) in [5.41, 5.74) is 0.149. The highest BCUT2D eigenvalue weighted by Gasteiger charge is 2.15. The van der Waals surface area contributed by atoms with Gasteiger partial charge in [0.2, 0.25) is 0 Å². The minimum Gasteiger partial charge on any atom is -0.488 e. The minimum absolute atomic E-state index is 0.241. The molecule has 1 N–H and O–H groups in total. The van der Waals surface area contributed by atoms with Crippen molar-refractivity contribution in [3.8, 4) is 17.0 Å². The molecule has 24 heavy (non-hydrogen) atoms. The molecule has 0 radical (unpaired) electrons. The first-order valence-electron chi connectivity index (χ1n) is 8.04. The Bertz CT molecular complexity index is 714. The van der Waals surface area contributed by atoms with Crippen LogP contribution in [0.3, 0.4) is 0 Å². The first kappa shape index (κ1) is 16.6. The van der Waals surface area contributed by atoms with Crippen molar-refractivity contribution in [1.29, 1.82) is 0 Å². The van der Waals surface area contributed by atoms with Gasteiger partial charge in [-0.2, -0.15) is 5.10 Å². The summed E-state index contributed by atoms with van der Waals surface area (Å²) in [6.07, 6.45) is 3.15. The topological polar surface area (TPSA) is 58.2 Å². The molecule has 1 aliphatic heterocycles. The van der Waals surface area contributed by atoms with Gasteiger partial charge in [0.05, 0.1) is 12.3 Å². The van der Waals surface area contributed by atoms with Crippen LogP contribution in [0.25, 0.3) is 11.3 Å². The van der Waals surface area contributed by atoms with Gasteiger partial charge in [0.1, 0.15) is 0 Å². The van der Waals surface area contributed by atoms with Crippen LogP contribution >= 0.6 is 0 Å². The van der Waals surface area contributed by atoms with Crippen LogP contribution < -0.4 is 10.3 Å². The van der Waals surface area contributed by atoms with Crippen LogP contribution in [0.2, 0.25) is 0 Å². The number of hydrogen-bond donors (Lipinski definition) is 1. The van der Waals surface area contributed by atoms with Crippen LogP contribution in [0.1, 0.15) is 19.3 Å². The number of ether oxygens (including phenoxy) is 1. The number of benzene rings is 1. The standard InChI is InChI=1S/C17H19F2N3O2/c18-13-10-12(15-4-5-16(23)21-20-15)11-14(19)17(13)24-9-3-8-22-6-1-2-7-22/h4-5,10-11H,1-3,6-9H2,(H,21,23). The Kier molecular flexibility index (Phi) is 5.20. The fourth-order valence-electron chi connectivity index (χ4n) is 2.82. The summed E-state index contributed by atoms with van der Waals surface area (Å²) in [4.78, 5) is 13.3. The van der Waals surface area contributed by atoms with E-state index >= 15 is 0 Å². The van der Waals surface area contributed by atoms with E-state index in [1.54, 1.807) is 0 Å². The predicted octanol–water partition coefficient (Wildman–Crippen LogP) is 2.58. The number of nitrogens with one attached hydrogen (secondary N) is 1. The minimum atomic E-state index is -0.779. The van der Waals surface area contributed by atoms with Crippen LogP contribution in [0, 0.1) is 11.6 Å². The molecule has 0 aliphatic carbocycles. The molecule has 1 aromatic heterocycles. The maximum absolute atomic E-state index is 14.1. The third-order valence-electron chi connectivity index (χ3n) is 4.04. The molecule has 1 aromatic carbocycles. The van der Waals surface area contributed by atoms with Gasteiger partial charge >= 0.3 is 0 Å². The van der Waals surface area contributed by atoms with Crippen molar-refractivity contribution in [1.82, 2.24) is 15.1 Å². The van der Waals surface area contributed by atoms with Gasteiger partial charge in [0.25, 0.3) is 5.56 Å². The molecule has 2 aromatic rings. The molecule has 0 saturated carbocycles. The fourth-order valence-corrected chi connectivity index (χ4v) is 2.82. The molecule has 1 aliphatic rings. The number of rotatable bonds is 6. The van der Waals surface area contributed by atoms with E-state index in [2.05, 4.69) is 15.1 Å². The molecule has 0 bridgehead atoms. The lowest BCUT2D eigenvalue weighted by Crippen LogP contribution is -2.22. The van der Waals surface area contributed by atoms with Crippen LogP contribution in [-0.2, 0) is 0 Å². The molecule has 128 valence electrons. The predicted molar refractivity (Wildman–Crippen MR) is 86.0 cm³/mol.